The van der Waals surface area contributed by atoms with Gasteiger partial charge in [-0.05, 0) is 54.6 Å². The lowest BCUT2D eigenvalue weighted by Gasteiger charge is -2.06. The first-order chi connectivity index (χ1) is 13.7. The highest BCUT2D eigenvalue weighted by Gasteiger charge is 2.11. The molecule has 28 heavy (non-hydrogen) atoms. The number of benzene rings is 3. The van der Waals surface area contributed by atoms with Crippen molar-refractivity contribution in [2.75, 3.05) is 0 Å². The Balaban J connectivity index is 1.41. The van der Waals surface area contributed by atoms with E-state index in [9.17, 15) is 0 Å². The van der Waals surface area contributed by atoms with E-state index in [4.69, 9.17) is 37.1 Å². The summed E-state index contributed by atoms with van der Waals surface area (Å²) in [6.45, 7) is 0.101. The highest BCUT2D eigenvalue weighted by Crippen LogP contribution is 2.29. The van der Waals surface area contributed by atoms with Gasteiger partial charge in [-0.1, -0.05) is 41.4 Å². The first-order valence-electron chi connectivity index (χ1n) is 8.41. The molecule has 7 heteroatoms. The summed E-state index contributed by atoms with van der Waals surface area (Å²) in [6, 6.07) is 22.0. The predicted octanol–water partition coefficient (Wildman–Crippen LogP) is 6.41. The summed E-state index contributed by atoms with van der Waals surface area (Å²) in [7, 11) is 0. The zero-order chi connectivity index (χ0) is 19.3. The van der Waals surface area contributed by atoms with Crippen LogP contribution in [0, 0.1) is 0 Å². The summed E-state index contributed by atoms with van der Waals surface area (Å²) in [5.41, 5.74) is 0.781. The Kier molecular flexibility index (Phi) is 5.46. The van der Waals surface area contributed by atoms with Gasteiger partial charge in [0.15, 0.2) is 6.61 Å². The summed E-state index contributed by atoms with van der Waals surface area (Å²) < 4.78 is 17.0. The molecule has 0 aliphatic carbocycles. The van der Waals surface area contributed by atoms with E-state index < -0.39 is 0 Å². The van der Waals surface area contributed by atoms with Crippen LogP contribution in [0.3, 0.4) is 0 Å². The summed E-state index contributed by atoms with van der Waals surface area (Å²) in [4.78, 5) is 0. The van der Waals surface area contributed by atoms with E-state index in [1.807, 2.05) is 54.6 Å². The fourth-order valence-electron chi connectivity index (χ4n) is 2.45. The number of hydrogen-bond donors (Lipinski definition) is 0. The van der Waals surface area contributed by atoms with Gasteiger partial charge >= 0.3 is 0 Å². The lowest BCUT2D eigenvalue weighted by atomic mass is 10.2. The van der Waals surface area contributed by atoms with E-state index in [0.717, 1.165) is 17.1 Å². The van der Waals surface area contributed by atoms with E-state index in [-0.39, 0.29) is 6.61 Å². The maximum atomic E-state index is 6.08. The van der Waals surface area contributed by atoms with Crippen LogP contribution in [-0.2, 0) is 6.61 Å². The third-order valence-corrected chi connectivity index (χ3v) is 4.32. The van der Waals surface area contributed by atoms with E-state index in [1.165, 1.54) is 0 Å². The maximum Gasteiger partial charge on any atom is 0.254 e. The van der Waals surface area contributed by atoms with Crippen molar-refractivity contribution in [1.82, 2.24) is 10.2 Å². The van der Waals surface area contributed by atoms with Gasteiger partial charge in [0.25, 0.3) is 5.89 Å². The molecule has 3 aromatic carbocycles. The van der Waals surface area contributed by atoms with Gasteiger partial charge < -0.3 is 13.9 Å². The standard InChI is InChI=1S/C21H14Cl2N2O3/c22-15-8-11-19(18(23)12-15)26-13-20-24-25-21(28-20)14-6-9-17(10-7-14)27-16-4-2-1-3-5-16/h1-12H,13H2. The Bertz CT molecular complexity index is 1070. The molecule has 0 unspecified atom stereocenters. The number of rotatable bonds is 6. The van der Waals surface area contributed by atoms with Crippen molar-refractivity contribution >= 4 is 23.2 Å². The van der Waals surface area contributed by atoms with Crippen LogP contribution in [0.2, 0.25) is 10.0 Å². The molecule has 0 saturated carbocycles. The van der Waals surface area contributed by atoms with Gasteiger partial charge in [0, 0.05) is 10.6 Å². The summed E-state index contributed by atoms with van der Waals surface area (Å²) in [5.74, 6) is 2.72. The van der Waals surface area contributed by atoms with Crippen molar-refractivity contribution in [3.05, 3.63) is 88.7 Å². The molecule has 0 aliphatic heterocycles. The molecule has 0 amide bonds. The minimum Gasteiger partial charge on any atom is -0.482 e. The van der Waals surface area contributed by atoms with Gasteiger partial charge in [-0.3, -0.25) is 0 Å². The molecule has 0 spiro atoms. The summed E-state index contributed by atoms with van der Waals surface area (Å²) >= 11 is 12.0. The van der Waals surface area contributed by atoms with E-state index in [2.05, 4.69) is 10.2 Å². The van der Waals surface area contributed by atoms with Crippen molar-refractivity contribution in [3.8, 4) is 28.7 Å². The van der Waals surface area contributed by atoms with Gasteiger partial charge in [0.2, 0.25) is 5.89 Å². The van der Waals surface area contributed by atoms with Crippen LogP contribution >= 0.6 is 23.2 Å². The quantitative estimate of drug-likeness (QED) is 0.365. The van der Waals surface area contributed by atoms with Crippen LogP contribution in [0.15, 0.2) is 77.2 Å². The number of ether oxygens (including phenoxy) is 2. The van der Waals surface area contributed by atoms with Crippen molar-refractivity contribution < 1.29 is 13.9 Å². The van der Waals surface area contributed by atoms with E-state index >= 15 is 0 Å². The zero-order valence-corrected chi connectivity index (χ0v) is 16.0. The van der Waals surface area contributed by atoms with Crippen molar-refractivity contribution in [3.63, 3.8) is 0 Å². The smallest absolute Gasteiger partial charge is 0.254 e. The summed E-state index contributed by atoms with van der Waals surface area (Å²) in [5, 5.41) is 9.02. The van der Waals surface area contributed by atoms with Gasteiger partial charge in [-0.25, -0.2) is 0 Å². The third kappa shape index (κ3) is 4.44. The average molecular weight is 413 g/mol. The molecular weight excluding hydrogens is 399 g/mol. The molecule has 5 nitrogen and oxygen atoms in total. The van der Waals surface area contributed by atoms with Gasteiger partial charge in [0.05, 0.1) is 5.02 Å². The number of nitrogens with zero attached hydrogens (tertiary/aromatic N) is 2. The monoisotopic (exact) mass is 412 g/mol. The largest absolute Gasteiger partial charge is 0.482 e. The second kappa shape index (κ2) is 8.33. The number of aromatic nitrogens is 2. The number of para-hydroxylation sites is 1. The fraction of sp³-hybridized carbons (Fsp3) is 0.0476. The maximum absolute atomic E-state index is 6.08. The van der Waals surface area contributed by atoms with Crippen molar-refractivity contribution in [2.45, 2.75) is 6.61 Å². The molecule has 4 rings (SSSR count). The molecule has 0 bridgehead atoms. The van der Waals surface area contributed by atoms with Crippen LogP contribution in [0.1, 0.15) is 5.89 Å². The molecule has 4 aromatic rings. The summed E-state index contributed by atoms with van der Waals surface area (Å²) in [6.07, 6.45) is 0. The Morgan fingerprint density at radius 1 is 0.821 bits per heavy atom. The molecular formula is C21H14Cl2N2O3. The highest BCUT2D eigenvalue weighted by molar-refractivity contribution is 6.35. The third-order valence-electron chi connectivity index (χ3n) is 3.79. The molecule has 0 N–H and O–H groups in total. The average Bonchev–Trinajstić information content (AvgIpc) is 3.18. The number of halogens is 2. The first-order valence-corrected chi connectivity index (χ1v) is 9.16. The highest BCUT2D eigenvalue weighted by atomic mass is 35.5. The van der Waals surface area contributed by atoms with Crippen molar-refractivity contribution in [1.29, 1.82) is 0 Å². The predicted molar refractivity (Wildman–Crippen MR) is 107 cm³/mol. The minimum atomic E-state index is 0.101. The molecule has 0 aliphatic rings. The molecule has 0 saturated heterocycles. The second-order valence-electron chi connectivity index (χ2n) is 5.80. The van der Waals surface area contributed by atoms with Crippen molar-refractivity contribution in [2.24, 2.45) is 0 Å². The lowest BCUT2D eigenvalue weighted by Crippen LogP contribution is -1.96. The molecule has 0 fully saturated rings. The van der Waals surface area contributed by atoms with E-state index in [1.54, 1.807) is 18.2 Å². The van der Waals surface area contributed by atoms with Crippen LogP contribution < -0.4 is 9.47 Å². The van der Waals surface area contributed by atoms with Crippen LogP contribution in [0.4, 0.5) is 0 Å². The van der Waals surface area contributed by atoms with E-state index in [0.29, 0.717) is 27.6 Å². The van der Waals surface area contributed by atoms with Crippen LogP contribution in [-0.4, -0.2) is 10.2 Å². The first kappa shape index (κ1) is 18.3. The van der Waals surface area contributed by atoms with Crippen LogP contribution in [0.25, 0.3) is 11.5 Å². The molecule has 140 valence electrons. The van der Waals surface area contributed by atoms with Gasteiger partial charge in [0.1, 0.15) is 17.2 Å². The Morgan fingerprint density at radius 3 is 2.32 bits per heavy atom. The van der Waals surface area contributed by atoms with Gasteiger partial charge in [-0.15, -0.1) is 10.2 Å². The topological polar surface area (TPSA) is 57.4 Å². The molecule has 1 heterocycles. The van der Waals surface area contributed by atoms with Gasteiger partial charge in [-0.2, -0.15) is 0 Å². The number of hydrogen-bond acceptors (Lipinski definition) is 5. The Labute approximate surface area is 171 Å². The normalized spacial score (nSPS) is 10.6. The Hall–Kier alpha value is -3.02. The Morgan fingerprint density at radius 2 is 1.57 bits per heavy atom. The molecule has 1 aromatic heterocycles. The molecule has 0 atom stereocenters. The minimum absolute atomic E-state index is 0.101. The SMILES string of the molecule is Clc1ccc(OCc2nnc(-c3ccc(Oc4ccccc4)cc3)o2)c(Cl)c1. The lowest BCUT2D eigenvalue weighted by molar-refractivity contribution is 0.264. The molecule has 0 radical (unpaired) electrons. The van der Waals surface area contributed by atoms with Crippen LogP contribution in [0.5, 0.6) is 17.2 Å². The second-order valence-corrected chi connectivity index (χ2v) is 6.65. The fourth-order valence-corrected chi connectivity index (χ4v) is 2.91. The zero-order valence-electron chi connectivity index (χ0n) is 14.5.